The highest BCUT2D eigenvalue weighted by Crippen LogP contribution is 2.21. The van der Waals surface area contributed by atoms with E-state index in [2.05, 4.69) is 0 Å². The van der Waals surface area contributed by atoms with Gasteiger partial charge in [0, 0.05) is 30.2 Å². The lowest BCUT2D eigenvalue weighted by Gasteiger charge is -2.30. The van der Waals surface area contributed by atoms with Crippen LogP contribution in [-0.2, 0) is 14.3 Å². The fraction of sp³-hybridized carbons (Fsp3) is 0.400. The van der Waals surface area contributed by atoms with Crippen molar-refractivity contribution in [2.75, 3.05) is 26.3 Å². The van der Waals surface area contributed by atoms with Crippen LogP contribution in [0.15, 0.2) is 36.4 Å². The summed E-state index contributed by atoms with van der Waals surface area (Å²) >= 11 is 0. The molecule has 0 aliphatic carbocycles. The Morgan fingerprint density at radius 3 is 2.65 bits per heavy atom. The SMILES string of the molecule is Cc1cc(C(=O)OCC(=O)N2CCOC(C)C2)c(C)n1-c1ccccc1. The molecular formula is C20H24N2O4. The van der Waals surface area contributed by atoms with Crippen LogP contribution in [0.2, 0.25) is 0 Å². The van der Waals surface area contributed by atoms with Crippen LogP contribution in [0.4, 0.5) is 0 Å². The van der Waals surface area contributed by atoms with Crippen molar-refractivity contribution in [1.82, 2.24) is 9.47 Å². The van der Waals surface area contributed by atoms with E-state index < -0.39 is 5.97 Å². The van der Waals surface area contributed by atoms with Gasteiger partial charge in [0.2, 0.25) is 0 Å². The van der Waals surface area contributed by atoms with Gasteiger partial charge in [0.25, 0.3) is 5.91 Å². The second-order valence-corrected chi connectivity index (χ2v) is 6.55. The highest BCUT2D eigenvalue weighted by atomic mass is 16.5. The van der Waals surface area contributed by atoms with E-state index in [1.807, 2.05) is 55.7 Å². The highest BCUT2D eigenvalue weighted by Gasteiger charge is 2.24. The van der Waals surface area contributed by atoms with Crippen LogP contribution in [0, 0.1) is 13.8 Å². The highest BCUT2D eigenvalue weighted by molar-refractivity contribution is 5.93. The molecular weight excluding hydrogens is 332 g/mol. The summed E-state index contributed by atoms with van der Waals surface area (Å²) in [5.41, 5.74) is 3.20. The minimum Gasteiger partial charge on any atom is -0.452 e. The molecule has 0 N–H and O–H groups in total. The van der Waals surface area contributed by atoms with Gasteiger partial charge in [-0.05, 0) is 39.0 Å². The molecule has 138 valence electrons. The van der Waals surface area contributed by atoms with Crippen molar-refractivity contribution in [1.29, 1.82) is 0 Å². The van der Waals surface area contributed by atoms with Crippen molar-refractivity contribution in [2.24, 2.45) is 0 Å². The molecule has 1 amide bonds. The van der Waals surface area contributed by atoms with E-state index in [-0.39, 0.29) is 18.6 Å². The number of rotatable bonds is 4. The second-order valence-electron chi connectivity index (χ2n) is 6.55. The van der Waals surface area contributed by atoms with Crippen LogP contribution in [0.3, 0.4) is 0 Å². The Labute approximate surface area is 153 Å². The standard InChI is InChI=1S/C20H24N2O4/c1-14-11-18(16(3)22(14)17-7-5-4-6-8-17)20(24)26-13-19(23)21-9-10-25-15(2)12-21/h4-8,11,15H,9-10,12-13H2,1-3H3. The second kappa shape index (κ2) is 7.74. The number of para-hydroxylation sites is 1. The van der Waals surface area contributed by atoms with E-state index in [1.165, 1.54) is 0 Å². The molecule has 1 aromatic heterocycles. The van der Waals surface area contributed by atoms with Crippen LogP contribution >= 0.6 is 0 Å². The largest absolute Gasteiger partial charge is 0.452 e. The maximum Gasteiger partial charge on any atom is 0.340 e. The summed E-state index contributed by atoms with van der Waals surface area (Å²) in [6.07, 6.45) is 0.00759. The molecule has 1 fully saturated rings. The molecule has 0 saturated carbocycles. The topological polar surface area (TPSA) is 60.8 Å². The Morgan fingerprint density at radius 2 is 1.96 bits per heavy atom. The van der Waals surface area contributed by atoms with Crippen LogP contribution in [0.5, 0.6) is 0 Å². The first kappa shape index (κ1) is 18.2. The third kappa shape index (κ3) is 3.80. The molecule has 2 heterocycles. The fourth-order valence-corrected chi connectivity index (χ4v) is 3.29. The molecule has 0 spiro atoms. The zero-order valence-corrected chi connectivity index (χ0v) is 15.4. The Hall–Kier alpha value is -2.60. The molecule has 0 bridgehead atoms. The van der Waals surface area contributed by atoms with Crippen molar-refractivity contribution < 1.29 is 19.1 Å². The van der Waals surface area contributed by atoms with E-state index in [0.29, 0.717) is 25.3 Å². The zero-order valence-electron chi connectivity index (χ0n) is 15.4. The van der Waals surface area contributed by atoms with Crippen LogP contribution in [0.25, 0.3) is 5.69 Å². The van der Waals surface area contributed by atoms with Gasteiger partial charge in [0.15, 0.2) is 6.61 Å². The van der Waals surface area contributed by atoms with Crippen molar-refractivity contribution in [3.8, 4) is 5.69 Å². The Kier molecular flexibility index (Phi) is 5.42. The van der Waals surface area contributed by atoms with E-state index in [4.69, 9.17) is 9.47 Å². The molecule has 1 atom stereocenters. The summed E-state index contributed by atoms with van der Waals surface area (Å²) in [5, 5.41) is 0. The monoisotopic (exact) mass is 356 g/mol. The number of carbonyl (C=O) groups excluding carboxylic acids is 2. The van der Waals surface area contributed by atoms with E-state index >= 15 is 0 Å². The summed E-state index contributed by atoms with van der Waals surface area (Å²) in [4.78, 5) is 26.4. The molecule has 1 unspecified atom stereocenters. The molecule has 1 aliphatic rings. The Bertz CT molecular complexity index is 798. The molecule has 0 radical (unpaired) electrons. The number of ether oxygens (including phenoxy) is 2. The average Bonchev–Trinajstić information content (AvgIpc) is 2.94. The number of amides is 1. The van der Waals surface area contributed by atoms with Gasteiger partial charge in [-0.3, -0.25) is 4.79 Å². The van der Waals surface area contributed by atoms with Gasteiger partial charge in [0.05, 0.1) is 18.3 Å². The number of morpholine rings is 1. The van der Waals surface area contributed by atoms with Gasteiger partial charge < -0.3 is 18.9 Å². The van der Waals surface area contributed by atoms with Crippen molar-refractivity contribution >= 4 is 11.9 Å². The minimum absolute atomic E-state index is 0.00759. The quantitative estimate of drug-likeness (QED) is 0.790. The number of hydrogen-bond acceptors (Lipinski definition) is 4. The normalized spacial score (nSPS) is 17.2. The first-order chi connectivity index (χ1) is 12.5. The lowest BCUT2D eigenvalue weighted by Crippen LogP contribution is -2.46. The molecule has 1 aliphatic heterocycles. The molecule has 1 saturated heterocycles. The first-order valence-corrected chi connectivity index (χ1v) is 8.78. The predicted molar refractivity (Wildman–Crippen MR) is 97.5 cm³/mol. The number of aryl methyl sites for hydroxylation is 1. The molecule has 6 heteroatoms. The fourth-order valence-electron chi connectivity index (χ4n) is 3.29. The predicted octanol–water partition coefficient (Wildman–Crippen LogP) is 2.50. The van der Waals surface area contributed by atoms with Crippen molar-refractivity contribution in [3.05, 3.63) is 53.3 Å². The van der Waals surface area contributed by atoms with Gasteiger partial charge in [-0.1, -0.05) is 18.2 Å². The summed E-state index contributed by atoms with van der Waals surface area (Å²) in [5.74, 6) is -0.666. The third-order valence-electron chi connectivity index (χ3n) is 4.59. The molecule has 1 aromatic carbocycles. The maximum atomic E-state index is 12.5. The van der Waals surface area contributed by atoms with Gasteiger partial charge in [-0.15, -0.1) is 0 Å². The number of aromatic nitrogens is 1. The molecule has 2 aromatic rings. The minimum atomic E-state index is -0.477. The Balaban J connectivity index is 1.68. The number of carbonyl (C=O) groups is 2. The summed E-state index contributed by atoms with van der Waals surface area (Å²) in [7, 11) is 0. The molecule has 6 nitrogen and oxygen atoms in total. The lowest BCUT2D eigenvalue weighted by atomic mass is 10.2. The summed E-state index contributed by atoms with van der Waals surface area (Å²) in [6, 6.07) is 11.6. The van der Waals surface area contributed by atoms with E-state index in [0.717, 1.165) is 17.1 Å². The Morgan fingerprint density at radius 1 is 1.23 bits per heavy atom. The lowest BCUT2D eigenvalue weighted by molar-refractivity contribution is -0.141. The average molecular weight is 356 g/mol. The number of nitrogens with zero attached hydrogens (tertiary/aromatic N) is 2. The van der Waals surface area contributed by atoms with E-state index in [9.17, 15) is 9.59 Å². The number of esters is 1. The van der Waals surface area contributed by atoms with Crippen molar-refractivity contribution in [2.45, 2.75) is 26.9 Å². The molecule has 3 rings (SSSR count). The number of benzene rings is 1. The summed E-state index contributed by atoms with van der Waals surface area (Å²) in [6.45, 7) is 7.06. The van der Waals surface area contributed by atoms with Crippen LogP contribution in [0.1, 0.15) is 28.7 Å². The number of hydrogen-bond donors (Lipinski definition) is 0. The smallest absolute Gasteiger partial charge is 0.340 e. The van der Waals surface area contributed by atoms with Gasteiger partial charge in [0.1, 0.15) is 0 Å². The molecule has 26 heavy (non-hydrogen) atoms. The van der Waals surface area contributed by atoms with Gasteiger partial charge >= 0.3 is 5.97 Å². The van der Waals surface area contributed by atoms with E-state index in [1.54, 1.807) is 11.0 Å². The van der Waals surface area contributed by atoms with Crippen LogP contribution in [-0.4, -0.2) is 53.8 Å². The first-order valence-electron chi connectivity index (χ1n) is 8.78. The third-order valence-corrected chi connectivity index (χ3v) is 4.59. The zero-order chi connectivity index (χ0) is 18.7. The van der Waals surface area contributed by atoms with Gasteiger partial charge in [-0.25, -0.2) is 4.79 Å². The maximum absolute atomic E-state index is 12.5. The van der Waals surface area contributed by atoms with Gasteiger partial charge in [-0.2, -0.15) is 0 Å². The van der Waals surface area contributed by atoms with Crippen LogP contribution < -0.4 is 0 Å². The van der Waals surface area contributed by atoms with Crippen molar-refractivity contribution in [3.63, 3.8) is 0 Å². The summed E-state index contributed by atoms with van der Waals surface area (Å²) < 4.78 is 12.7.